The Morgan fingerprint density at radius 1 is 1.50 bits per heavy atom. The zero-order valence-electron chi connectivity index (χ0n) is 8.82. The Labute approximate surface area is 84.6 Å². The van der Waals surface area contributed by atoms with E-state index >= 15 is 0 Å². The summed E-state index contributed by atoms with van der Waals surface area (Å²) in [6.45, 7) is 1.76. The van der Waals surface area contributed by atoms with Gasteiger partial charge in [-0.2, -0.15) is 0 Å². The van der Waals surface area contributed by atoms with E-state index in [2.05, 4.69) is 10.1 Å². The third kappa shape index (κ3) is 2.96. The van der Waals surface area contributed by atoms with E-state index in [9.17, 15) is 9.90 Å². The van der Waals surface area contributed by atoms with Crippen molar-refractivity contribution in [1.29, 1.82) is 0 Å². The van der Waals surface area contributed by atoms with E-state index in [1.807, 2.05) is 0 Å². The highest BCUT2D eigenvalue weighted by Crippen LogP contribution is 2.18. The molecule has 0 spiro atoms. The molecule has 1 fully saturated rings. The van der Waals surface area contributed by atoms with Crippen molar-refractivity contribution in [3.63, 3.8) is 0 Å². The molecule has 0 saturated heterocycles. The van der Waals surface area contributed by atoms with Crippen LogP contribution in [-0.2, 0) is 9.53 Å². The number of carbonyl (C=O) groups excluding carboxylic acids is 1. The molecular weight excluding hydrogens is 182 g/mol. The number of hydrogen-bond acceptors (Lipinski definition) is 4. The lowest BCUT2D eigenvalue weighted by Crippen LogP contribution is -2.49. The summed E-state index contributed by atoms with van der Waals surface area (Å²) in [6.07, 6.45) is 3.62. The molecule has 1 aliphatic rings. The predicted octanol–water partition coefficient (Wildman–Crippen LogP) is 0.441. The van der Waals surface area contributed by atoms with Crippen LogP contribution in [0.15, 0.2) is 0 Å². The number of aliphatic hydroxyl groups excluding tert-OH is 1. The second kappa shape index (κ2) is 5.32. The van der Waals surface area contributed by atoms with Crippen LogP contribution in [0.25, 0.3) is 0 Å². The van der Waals surface area contributed by atoms with Crippen LogP contribution in [0, 0.1) is 0 Å². The van der Waals surface area contributed by atoms with Gasteiger partial charge in [0.2, 0.25) is 0 Å². The highest BCUT2D eigenvalue weighted by Gasteiger charge is 2.26. The van der Waals surface area contributed by atoms with Crippen molar-refractivity contribution in [3.05, 3.63) is 0 Å². The number of rotatable bonds is 3. The molecule has 82 valence electrons. The topological polar surface area (TPSA) is 58.6 Å². The van der Waals surface area contributed by atoms with E-state index in [0.29, 0.717) is 0 Å². The van der Waals surface area contributed by atoms with Crippen LogP contribution in [0.5, 0.6) is 0 Å². The lowest BCUT2D eigenvalue weighted by molar-refractivity contribution is -0.143. The first-order valence-corrected chi connectivity index (χ1v) is 5.17. The van der Waals surface area contributed by atoms with Gasteiger partial charge < -0.3 is 9.84 Å². The largest absolute Gasteiger partial charge is 0.468 e. The van der Waals surface area contributed by atoms with E-state index in [1.54, 1.807) is 6.92 Å². The molecular formula is C10H19NO3. The molecule has 1 aliphatic carbocycles. The molecule has 3 atom stereocenters. The summed E-state index contributed by atoms with van der Waals surface area (Å²) in [5.41, 5.74) is 0. The van der Waals surface area contributed by atoms with Crippen LogP contribution in [0.2, 0.25) is 0 Å². The maximum absolute atomic E-state index is 11.1. The lowest BCUT2D eigenvalue weighted by atomic mass is 9.92. The van der Waals surface area contributed by atoms with E-state index in [0.717, 1.165) is 25.7 Å². The number of hydrogen-bond donors (Lipinski definition) is 2. The van der Waals surface area contributed by atoms with Gasteiger partial charge in [-0.15, -0.1) is 0 Å². The fraction of sp³-hybridized carbons (Fsp3) is 0.900. The summed E-state index contributed by atoms with van der Waals surface area (Å²) in [5, 5.41) is 12.8. The van der Waals surface area contributed by atoms with Gasteiger partial charge in [-0.3, -0.25) is 10.1 Å². The van der Waals surface area contributed by atoms with Crippen LogP contribution in [0.1, 0.15) is 32.6 Å². The van der Waals surface area contributed by atoms with Crippen LogP contribution in [0.4, 0.5) is 0 Å². The van der Waals surface area contributed by atoms with Gasteiger partial charge >= 0.3 is 5.97 Å². The number of esters is 1. The van der Waals surface area contributed by atoms with Gasteiger partial charge in [0, 0.05) is 6.04 Å². The second-order valence-electron chi connectivity index (χ2n) is 3.87. The highest BCUT2D eigenvalue weighted by molar-refractivity contribution is 5.75. The van der Waals surface area contributed by atoms with Crippen molar-refractivity contribution in [2.75, 3.05) is 7.11 Å². The molecule has 14 heavy (non-hydrogen) atoms. The molecule has 0 aliphatic heterocycles. The number of ether oxygens (including phenoxy) is 1. The summed E-state index contributed by atoms with van der Waals surface area (Å²) in [7, 11) is 1.37. The highest BCUT2D eigenvalue weighted by atomic mass is 16.5. The van der Waals surface area contributed by atoms with Crippen LogP contribution < -0.4 is 5.32 Å². The first kappa shape index (κ1) is 11.5. The maximum atomic E-state index is 11.1. The van der Waals surface area contributed by atoms with Crippen LogP contribution >= 0.6 is 0 Å². The zero-order valence-corrected chi connectivity index (χ0v) is 8.82. The Hall–Kier alpha value is -0.610. The minimum atomic E-state index is -0.335. The fourth-order valence-corrected chi connectivity index (χ4v) is 1.87. The molecule has 0 aromatic carbocycles. The van der Waals surface area contributed by atoms with E-state index in [-0.39, 0.29) is 24.2 Å². The lowest BCUT2D eigenvalue weighted by Gasteiger charge is -2.30. The smallest absolute Gasteiger partial charge is 0.322 e. The maximum Gasteiger partial charge on any atom is 0.322 e. The molecule has 0 amide bonds. The molecule has 0 aromatic heterocycles. The minimum Gasteiger partial charge on any atom is -0.468 e. The quantitative estimate of drug-likeness (QED) is 0.651. The second-order valence-corrected chi connectivity index (χ2v) is 3.87. The fourth-order valence-electron chi connectivity index (χ4n) is 1.87. The first-order chi connectivity index (χ1) is 6.65. The molecule has 0 bridgehead atoms. The molecule has 0 radical (unpaired) electrons. The Balaban J connectivity index is 2.38. The summed E-state index contributed by atoms with van der Waals surface area (Å²) in [5.74, 6) is -0.275. The molecule has 4 heteroatoms. The van der Waals surface area contributed by atoms with Crippen molar-refractivity contribution in [1.82, 2.24) is 5.32 Å². The average Bonchev–Trinajstić information content (AvgIpc) is 2.20. The molecule has 0 aromatic rings. The Morgan fingerprint density at radius 2 is 2.14 bits per heavy atom. The van der Waals surface area contributed by atoms with Crippen molar-refractivity contribution in [2.45, 2.75) is 50.8 Å². The number of methoxy groups -OCH3 is 1. The molecule has 0 heterocycles. The Bertz CT molecular complexity index is 196. The van der Waals surface area contributed by atoms with Crippen LogP contribution in [0.3, 0.4) is 0 Å². The van der Waals surface area contributed by atoms with E-state index in [4.69, 9.17) is 0 Å². The van der Waals surface area contributed by atoms with Gasteiger partial charge in [-0.25, -0.2) is 0 Å². The van der Waals surface area contributed by atoms with Gasteiger partial charge in [-0.1, -0.05) is 12.8 Å². The third-order valence-electron chi connectivity index (χ3n) is 2.75. The zero-order chi connectivity index (χ0) is 10.6. The number of carbonyl (C=O) groups is 1. The van der Waals surface area contributed by atoms with Crippen molar-refractivity contribution < 1.29 is 14.6 Å². The number of aliphatic hydroxyl groups is 1. The van der Waals surface area contributed by atoms with Crippen molar-refractivity contribution >= 4 is 5.97 Å². The van der Waals surface area contributed by atoms with Gasteiger partial charge in [0.15, 0.2) is 0 Å². The van der Waals surface area contributed by atoms with Gasteiger partial charge in [-0.05, 0) is 19.8 Å². The van der Waals surface area contributed by atoms with Gasteiger partial charge in [0.1, 0.15) is 6.04 Å². The molecule has 1 saturated carbocycles. The summed E-state index contributed by atoms with van der Waals surface area (Å²) >= 11 is 0. The molecule has 2 N–H and O–H groups in total. The van der Waals surface area contributed by atoms with Crippen molar-refractivity contribution in [2.24, 2.45) is 0 Å². The average molecular weight is 201 g/mol. The number of nitrogens with one attached hydrogen (secondary N) is 1. The summed E-state index contributed by atoms with van der Waals surface area (Å²) < 4.78 is 4.61. The minimum absolute atomic E-state index is 0.0397. The van der Waals surface area contributed by atoms with E-state index < -0.39 is 0 Å². The third-order valence-corrected chi connectivity index (χ3v) is 2.75. The first-order valence-electron chi connectivity index (χ1n) is 5.17. The standard InChI is InChI=1S/C10H19NO3/c1-7(10(13)14-2)11-8-5-3-4-6-9(8)12/h7-9,11-12H,3-6H2,1-2H3/t7?,8-,9-/m0/s1. The Morgan fingerprint density at radius 3 is 2.71 bits per heavy atom. The molecule has 4 nitrogen and oxygen atoms in total. The molecule has 1 unspecified atom stereocenters. The summed E-state index contributed by atoms with van der Waals surface area (Å²) in [6, 6.07) is -0.296. The molecule has 1 rings (SSSR count). The van der Waals surface area contributed by atoms with E-state index in [1.165, 1.54) is 7.11 Å². The van der Waals surface area contributed by atoms with Crippen molar-refractivity contribution in [3.8, 4) is 0 Å². The van der Waals surface area contributed by atoms with Gasteiger partial charge in [0.05, 0.1) is 13.2 Å². The van der Waals surface area contributed by atoms with Gasteiger partial charge in [0.25, 0.3) is 0 Å². The van der Waals surface area contributed by atoms with Crippen LogP contribution in [-0.4, -0.2) is 36.4 Å². The predicted molar refractivity (Wildman–Crippen MR) is 52.9 cm³/mol. The monoisotopic (exact) mass is 201 g/mol. The normalized spacial score (nSPS) is 29.6. The summed E-state index contributed by atoms with van der Waals surface area (Å²) in [4.78, 5) is 11.1. The Kier molecular flexibility index (Phi) is 4.35. The SMILES string of the molecule is COC(=O)C(C)N[C@H]1CCCC[C@@H]1O.